The average molecular weight is 240 g/mol. The first-order valence-corrected chi connectivity index (χ1v) is 7.30. The van der Waals surface area contributed by atoms with E-state index in [2.05, 4.69) is 24.1 Å². The van der Waals surface area contributed by atoms with E-state index in [1.54, 1.807) is 0 Å². The molecule has 1 unspecified atom stereocenters. The number of hydrogen-bond acceptors (Lipinski definition) is 3. The molecule has 0 spiro atoms. The molecular weight excluding hydrogens is 212 g/mol. The topological polar surface area (TPSA) is 24.5 Å². The highest BCUT2D eigenvalue weighted by Crippen LogP contribution is 2.35. The third-order valence-electron chi connectivity index (χ3n) is 3.93. The Morgan fingerprint density at radius 1 is 1.29 bits per heavy atom. The second kappa shape index (κ2) is 6.72. The lowest BCUT2D eigenvalue weighted by Gasteiger charge is -2.36. The molecule has 0 aromatic heterocycles. The van der Waals surface area contributed by atoms with Crippen LogP contribution >= 0.6 is 0 Å². The number of nitrogens with one attached hydrogen (secondary N) is 1. The van der Waals surface area contributed by atoms with Crippen LogP contribution in [0.3, 0.4) is 0 Å². The van der Waals surface area contributed by atoms with E-state index < -0.39 is 0 Å². The zero-order valence-electron chi connectivity index (χ0n) is 11.5. The van der Waals surface area contributed by atoms with Crippen LogP contribution in [0.25, 0.3) is 0 Å². The summed E-state index contributed by atoms with van der Waals surface area (Å²) < 4.78 is 5.73. The van der Waals surface area contributed by atoms with Crippen LogP contribution in [0.2, 0.25) is 0 Å². The summed E-state index contributed by atoms with van der Waals surface area (Å²) in [4.78, 5) is 2.64. The van der Waals surface area contributed by atoms with Gasteiger partial charge >= 0.3 is 0 Å². The summed E-state index contributed by atoms with van der Waals surface area (Å²) >= 11 is 0. The molecule has 0 bridgehead atoms. The third kappa shape index (κ3) is 4.57. The van der Waals surface area contributed by atoms with Crippen LogP contribution in [0, 0.1) is 11.8 Å². The summed E-state index contributed by atoms with van der Waals surface area (Å²) in [5.74, 6) is 1.73. The lowest BCUT2D eigenvalue weighted by molar-refractivity contribution is 0.0663. The summed E-state index contributed by atoms with van der Waals surface area (Å²) in [6.45, 7) is 11.0. The summed E-state index contributed by atoms with van der Waals surface area (Å²) in [7, 11) is 0. The van der Waals surface area contributed by atoms with Gasteiger partial charge < -0.3 is 10.1 Å². The molecule has 3 heteroatoms. The van der Waals surface area contributed by atoms with Crippen molar-refractivity contribution in [1.82, 2.24) is 10.2 Å². The molecule has 1 N–H and O–H groups in total. The average Bonchev–Trinajstić information content (AvgIpc) is 3.13. The molecule has 1 saturated heterocycles. The van der Waals surface area contributed by atoms with Gasteiger partial charge in [0.25, 0.3) is 0 Å². The first-order valence-electron chi connectivity index (χ1n) is 7.30. The van der Waals surface area contributed by atoms with Crippen molar-refractivity contribution in [2.45, 2.75) is 39.2 Å². The minimum absolute atomic E-state index is 0.758. The maximum Gasteiger partial charge on any atom is 0.0593 e. The zero-order valence-corrected chi connectivity index (χ0v) is 11.5. The summed E-state index contributed by atoms with van der Waals surface area (Å²) in [6, 6.07) is 0.789. The highest BCUT2D eigenvalue weighted by molar-refractivity contribution is 4.92. The fourth-order valence-corrected chi connectivity index (χ4v) is 2.59. The number of ether oxygens (including phenoxy) is 1. The molecule has 1 aliphatic carbocycles. The second-order valence-electron chi connectivity index (χ2n) is 5.94. The fraction of sp³-hybridized carbons (Fsp3) is 1.00. The monoisotopic (exact) mass is 240 g/mol. The Hall–Kier alpha value is -0.120. The van der Waals surface area contributed by atoms with Gasteiger partial charge in [-0.25, -0.2) is 0 Å². The fourth-order valence-electron chi connectivity index (χ4n) is 2.59. The van der Waals surface area contributed by atoms with Crippen molar-refractivity contribution in [3.05, 3.63) is 0 Å². The van der Waals surface area contributed by atoms with E-state index in [-0.39, 0.29) is 0 Å². The minimum atomic E-state index is 0.758. The Labute approximate surface area is 106 Å². The molecule has 17 heavy (non-hydrogen) atoms. The molecule has 2 aliphatic rings. The van der Waals surface area contributed by atoms with Gasteiger partial charge in [0.05, 0.1) is 6.61 Å². The summed E-state index contributed by atoms with van der Waals surface area (Å²) in [5.41, 5.74) is 0. The Kier molecular flexibility index (Phi) is 5.26. The van der Waals surface area contributed by atoms with E-state index in [0.29, 0.717) is 0 Å². The second-order valence-corrected chi connectivity index (χ2v) is 5.94. The van der Waals surface area contributed by atoms with Gasteiger partial charge in [0, 0.05) is 38.8 Å². The summed E-state index contributed by atoms with van der Waals surface area (Å²) in [5, 5.41) is 3.52. The molecule has 1 saturated carbocycles. The molecule has 2 rings (SSSR count). The molecular formula is C14H28N2O. The Morgan fingerprint density at radius 2 is 2.12 bits per heavy atom. The van der Waals surface area contributed by atoms with Crippen LogP contribution in [-0.4, -0.2) is 50.3 Å². The molecule has 0 amide bonds. The Bertz CT molecular complexity index is 216. The molecule has 3 nitrogen and oxygen atoms in total. The lowest BCUT2D eigenvalue weighted by Crippen LogP contribution is -2.53. The van der Waals surface area contributed by atoms with Crippen molar-refractivity contribution in [3.63, 3.8) is 0 Å². The number of nitrogens with zero attached hydrogens (tertiary/aromatic N) is 1. The van der Waals surface area contributed by atoms with E-state index in [0.717, 1.165) is 44.2 Å². The van der Waals surface area contributed by atoms with Gasteiger partial charge in [-0.3, -0.25) is 4.90 Å². The number of hydrogen-bond donors (Lipinski definition) is 1. The maximum atomic E-state index is 5.73. The van der Waals surface area contributed by atoms with Gasteiger partial charge in [0.2, 0.25) is 0 Å². The number of piperazine rings is 1. The van der Waals surface area contributed by atoms with Crippen LogP contribution < -0.4 is 5.32 Å². The van der Waals surface area contributed by atoms with Crippen molar-refractivity contribution in [2.24, 2.45) is 11.8 Å². The first-order chi connectivity index (χ1) is 8.27. The SMILES string of the molecule is CC(C)CCOCCN1CCNCC1C1CC1. The van der Waals surface area contributed by atoms with E-state index in [9.17, 15) is 0 Å². The molecule has 2 fully saturated rings. The third-order valence-corrected chi connectivity index (χ3v) is 3.93. The van der Waals surface area contributed by atoms with Crippen LogP contribution in [0.1, 0.15) is 33.1 Å². The van der Waals surface area contributed by atoms with Gasteiger partial charge in [-0.05, 0) is 31.1 Å². The van der Waals surface area contributed by atoms with Crippen molar-refractivity contribution in [3.8, 4) is 0 Å². The largest absolute Gasteiger partial charge is 0.380 e. The van der Waals surface area contributed by atoms with Crippen LogP contribution in [-0.2, 0) is 4.74 Å². The van der Waals surface area contributed by atoms with Crippen molar-refractivity contribution < 1.29 is 4.74 Å². The molecule has 0 radical (unpaired) electrons. The maximum absolute atomic E-state index is 5.73. The highest BCUT2D eigenvalue weighted by atomic mass is 16.5. The first kappa shape index (κ1) is 13.3. The lowest BCUT2D eigenvalue weighted by atomic mass is 10.1. The molecule has 0 aromatic rings. The molecule has 100 valence electrons. The van der Waals surface area contributed by atoms with Gasteiger partial charge in [-0.1, -0.05) is 13.8 Å². The standard InChI is InChI=1S/C14H28N2O/c1-12(2)5-9-17-10-8-16-7-6-15-11-14(16)13-3-4-13/h12-15H,3-11H2,1-2H3. The van der Waals surface area contributed by atoms with Gasteiger partial charge in [0.15, 0.2) is 0 Å². The Balaban J connectivity index is 1.59. The van der Waals surface area contributed by atoms with Gasteiger partial charge in [-0.15, -0.1) is 0 Å². The van der Waals surface area contributed by atoms with Crippen molar-refractivity contribution in [1.29, 1.82) is 0 Å². The van der Waals surface area contributed by atoms with E-state index >= 15 is 0 Å². The quantitative estimate of drug-likeness (QED) is 0.686. The highest BCUT2D eigenvalue weighted by Gasteiger charge is 2.36. The molecule has 1 atom stereocenters. The van der Waals surface area contributed by atoms with Crippen LogP contribution in [0.15, 0.2) is 0 Å². The van der Waals surface area contributed by atoms with Crippen molar-refractivity contribution in [2.75, 3.05) is 39.4 Å². The minimum Gasteiger partial charge on any atom is -0.380 e. The zero-order chi connectivity index (χ0) is 12.1. The number of rotatable bonds is 7. The van der Waals surface area contributed by atoms with Gasteiger partial charge in [0.1, 0.15) is 0 Å². The predicted molar refractivity (Wildman–Crippen MR) is 71.2 cm³/mol. The Morgan fingerprint density at radius 3 is 2.82 bits per heavy atom. The molecule has 1 aliphatic heterocycles. The van der Waals surface area contributed by atoms with Crippen LogP contribution in [0.5, 0.6) is 0 Å². The van der Waals surface area contributed by atoms with Crippen molar-refractivity contribution >= 4 is 0 Å². The molecule has 0 aromatic carbocycles. The predicted octanol–water partition coefficient (Wildman–Crippen LogP) is 1.73. The van der Waals surface area contributed by atoms with E-state index in [1.807, 2.05) is 0 Å². The molecule has 1 heterocycles. The normalized spacial score (nSPS) is 26.6. The van der Waals surface area contributed by atoms with Crippen LogP contribution in [0.4, 0.5) is 0 Å². The smallest absolute Gasteiger partial charge is 0.0593 e. The van der Waals surface area contributed by atoms with E-state index in [4.69, 9.17) is 4.74 Å². The van der Waals surface area contributed by atoms with Gasteiger partial charge in [-0.2, -0.15) is 0 Å². The van der Waals surface area contributed by atoms with E-state index in [1.165, 1.54) is 32.4 Å². The summed E-state index contributed by atoms with van der Waals surface area (Å²) in [6.07, 6.45) is 4.07.